The summed E-state index contributed by atoms with van der Waals surface area (Å²) in [7, 11) is 3.13. The van der Waals surface area contributed by atoms with E-state index in [9.17, 15) is 4.79 Å². The molecule has 5 nitrogen and oxygen atoms in total. The largest absolute Gasteiger partial charge is 0.493 e. The van der Waals surface area contributed by atoms with E-state index in [-0.39, 0.29) is 12.5 Å². The Bertz CT molecular complexity index is 517. The van der Waals surface area contributed by atoms with Crippen LogP contribution in [0.3, 0.4) is 0 Å². The summed E-state index contributed by atoms with van der Waals surface area (Å²) in [6.07, 6.45) is 0.624. The van der Waals surface area contributed by atoms with Crippen LogP contribution in [0.15, 0.2) is 16.6 Å². The molecule has 1 unspecified atom stereocenters. The minimum atomic E-state index is -0.821. The van der Waals surface area contributed by atoms with E-state index in [1.807, 2.05) is 19.9 Å². The Labute approximate surface area is 133 Å². The molecule has 1 aromatic rings. The highest BCUT2D eigenvalue weighted by Crippen LogP contribution is 2.39. The molecular weight excluding hydrogens is 338 g/mol. The van der Waals surface area contributed by atoms with Gasteiger partial charge in [-0.1, -0.05) is 29.8 Å². The zero-order valence-corrected chi connectivity index (χ0v) is 14.4. The SMILES string of the molecule is COc1cc(Br)c(C(N)CC(C)(C)CC(=O)O)cc1OC. The molecule has 0 amide bonds. The summed E-state index contributed by atoms with van der Waals surface area (Å²) < 4.78 is 11.3. The predicted molar refractivity (Wildman–Crippen MR) is 84.8 cm³/mol. The number of ether oxygens (including phenoxy) is 2. The molecule has 0 fully saturated rings. The van der Waals surface area contributed by atoms with Crippen molar-refractivity contribution in [2.24, 2.45) is 11.1 Å². The quantitative estimate of drug-likeness (QED) is 0.779. The number of hydrogen-bond donors (Lipinski definition) is 2. The molecule has 0 aliphatic carbocycles. The minimum Gasteiger partial charge on any atom is -0.493 e. The topological polar surface area (TPSA) is 81.8 Å². The lowest BCUT2D eigenvalue weighted by atomic mass is 9.81. The van der Waals surface area contributed by atoms with Gasteiger partial charge in [-0.15, -0.1) is 0 Å². The fraction of sp³-hybridized carbons (Fsp3) is 0.533. The van der Waals surface area contributed by atoms with Crippen molar-refractivity contribution in [1.82, 2.24) is 0 Å². The summed E-state index contributed by atoms with van der Waals surface area (Å²) in [6.45, 7) is 3.80. The van der Waals surface area contributed by atoms with E-state index in [2.05, 4.69) is 15.9 Å². The molecule has 21 heavy (non-hydrogen) atoms. The summed E-state index contributed by atoms with van der Waals surface area (Å²) in [5.41, 5.74) is 6.73. The van der Waals surface area contributed by atoms with Crippen molar-refractivity contribution in [3.8, 4) is 11.5 Å². The molecule has 0 aliphatic heterocycles. The first kappa shape index (κ1) is 17.8. The third-order valence-corrected chi connectivity index (χ3v) is 3.99. The highest BCUT2D eigenvalue weighted by Gasteiger charge is 2.26. The maximum absolute atomic E-state index is 10.9. The monoisotopic (exact) mass is 359 g/mol. The standard InChI is InChI=1S/C15H22BrNO4/c1-15(2,8-14(18)19)7-11(17)9-5-12(20-3)13(21-4)6-10(9)16/h5-6,11H,7-8,17H2,1-4H3,(H,18,19). The second kappa shape index (κ2) is 7.13. The summed E-state index contributed by atoms with van der Waals surface area (Å²) in [5, 5.41) is 8.95. The van der Waals surface area contributed by atoms with Crippen LogP contribution in [-0.4, -0.2) is 25.3 Å². The van der Waals surface area contributed by atoms with Crippen LogP contribution in [0.2, 0.25) is 0 Å². The molecule has 0 heterocycles. The lowest BCUT2D eigenvalue weighted by Gasteiger charge is -2.27. The molecule has 0 saturated heterocycles. The Morgan fingerprint density at radius 3 is 2.33 bits per heavy atom. The van der Waals surface area contributed by atoms with E-state index in [0.29, 0.717) is 17.9 Å². The molecule has 0 spiro atoms. The predicted octanol–water partition coefficient (Wildman–Crippen LogP) is 3.36. The first-order valence-corrected chi connectivity index (χ1v) is 7.38. The van der Waals surface area contributed by atoms with Gasteiger partial charge in [0, 0.05) is 10.5 Å². The molecule has 118 valence electrons. The fourth-order valence-electron chi connectivity index (χ4n) is 2.34. The fourth-order valence-corrected chi connectivity index (χ4v) is 2.96. The first-order valence-electron chi connectivity index (χ1n) is 6.59. The van der Waals surface area contributed by atoms with Crippen molar-refractivity contribution >= 4 is 21.9 Å². The number of benzene rings is 1. The number of hydrogen-bond acceptors (Lipinski definition) is 4. The second-order valence-electron chi connectivity index (χ2n) is 5.77. The van der Waals surface area contributed by atoms with Gasteiger partial charge in [0.25, 0.3) is 0 Å². The van der Waals surface area contributed by atoms with Crippen LogP contribution in [0.25, 0.3) is 0 Å². The zero-order chi connectivity index (χ0) is 16.2. The maximum Gasteiger partial charge on any atom is 0.303 e. The zero-order valence-electron chi connectivity index (χ0n) is 12.8. The molecule has 1 atom stereocenters. The second-order valence-corrected chi connectivity index (χ2v) is 6.63. The van der Waals surface area contributed by atoms with Crippen molar-refractivity contribution < 1.29 is 19.4 Å². The van der Waals surface area contributed by atoms with Crippen LogP contribution in [-0.2, 0) is 4.79 Å². The summed E-state index contributed by atoms with van der Waals surface area (Å²) in [6, 6.07) is 3.33. The Hall–Kier alpha value is -1.27. The number of carbonyl (C=O) groups is 1. The Morgan fingerprint density at radius 2 is 1.86 bits per heavy atom. The molecule has 1 rings (SSSR count). The van der Waals surface area contributed by atoms with Crippen LogP contribution >= 0.6 is 15.9 Å². The van der Waals surface area contributed by atoms with Crippen LogP contribution in [0.4, 0.5) is 0 Å². The molecule has 0 radical (unpaired) electrons. The van der Waals surface area contributed by atoms with Crippen LogP contribution < -0.4 is 15.2 Å². The summed E-state index contributed by atoms with van der Waals surface area (Å²) >= 11 is 3.48. The number of aliphatic carboxylic acids is 1. The number of rotatable bonds is 7. The maximum atomic E-state index is 10.9. The first-order chi connectivity index (χ1) is 9.70. The van der Waals surface area contributed by atoms with Gasteiger partial charge in [-0.25, -0.2) is 0 Å². The smallest absolute Gasteiger partial charge is 0.303 e. The highest BCUT2D eigenvalue weighted by atomic mass is 79.9. The lowest BCUT2D eigenvalue weighted by molar-refractivity contribution is -0.139. The number of carboxylic acids is 1. The van der Waals surface area contributed by atoms with Crippen molar-refractivity contribution in [2.75, 3.05) is 14.2 Å². The molecule has 1 aromatic carbocycles. The normalized spacial score (nSPS) is 12.9. The van der Waals surface area contributed by atoms with Crippen LogP contribution in [0.5, 0.6) is 11.5 Å². The van der Waals surface area contributed by atoms with Crippen LogP contribution in [0.1, 0.15) is 38.3 Å². The van der Waals surface area contributed by atoms with Gasteiger partial charge < -0.3 is 20.3 Å². The van der Waals surface area contributed by atoms with Gasteiger partial charge in [0.15, 0.2) is 11.5 Å². The van der Waals surface area contributed by atoms with E-state index in [4.69, 9.17) is 20.3 Å². The van der Waals surface area contributed by atoms with E-state index in [0.717, 1.165) is 10.0 Å². The highest BCUT2D eigenvalue weighted by molar-refractivity contribution is 9.10. The van der Waals surface area contributed by atoms with Gasteiger partial charge >= 0.3 is 5.97 Å². The van der Waals surface area contributed by atoms with Crippen molar-refractivity contribution in [2.45, 2.75) is 32.7 Å². The van der Waals surface area contributed by atoms with Gasteiger partial charge in [0.05, 0.1) is 20.6 Å². The molecule has 0 saturated carbocycles. The molecule has 0 aromatic heterocycles. The van der Waals surface area contributed by atoms with Gasteiger partial charge in [0.2, 0.25) is 0 Å². The molecule has 3 N–H and O–H groups in total. The summed E-state index contributed by atoms with van der Waals surface area (Å²) in [5.74, 6) is 0.394. The van der Waals surface area contributed by atoms with Crippen molar-refractivity contribution in [3.05, 3.63) is 22.2 Å². The average molecular weight is 360 g/mol. The van der Waals surface area contributed by atoms with Crippen molar-refractivity contribution in [3.63, 3.8) is 0 Å². The van der Waals surface area contributed by atoms with Gasteiger partial charge in [-0.2, -0.15) is 0 Å². The van der Waals surface area contributed by atoms with E-state index in [1.165, 1.54) is 0 Å². The third-order valence-electron chi connectivity index (χ3n) is 3.30. The van der Waals surface area contributed by atoms with E-state index < -0.39 is 11.4 Å². The average Bonchev–Trinajstić information content (AvgIpc) is 2.35. The Morgan fingerprint density at radius 1 is 1.33 bits per heavy atom. The summed E-state index contributed by atoms with van der Waals surface area (Å²) in [4.78, 5) is 10.9. The van der Waals surface area contributed by atoms with Gasteiger partial charge in [0.1, 0.15) is 0 Å². The number of carboxylic acid groups (broad SMARTS) is 1. The van der Waals surface area contributed by atoms with Crippen LogP contribution in [0, 0.1) is 5.41 Å². The number of halogens is 1. The number of methoxy groups -OCH3 is 2. The van der Waals surface area contributed by atoms with Gasteiger partial charge in [-0.05, 0) is 29.5 Å². The molecular formula is C15H22BrNO4. The van der Waals surface area contributed by atoms with E-state index >= 15 is 0 Å². The van der Waals surface area contributed by atoms with E-state index in [1.54, 1.807) is 20.3 Å². The lowest BCUT2D eigenvalue weighted by Crippen LogP contribution is -2.24. The third kappa shape index (κ3) is 4.89. The van der Waals surface area contributed by atoms with Gasteiger partial charge in [-0.3, -0.25) is 4.79 Å². The Kier molecular flexibility index (Phi) is 6.04. The van der Waals surface area contributed by atoms with Crippen molar-refractivity contribution in [1.29, 1.82) is 0 Å². The molecule has 0 aliphatic rings. The molecule has 6 heteroatoms. The Balaban J connectivity index is 3.02. The number of nitrogens with two attached hydrogens (primary N) is 1. The minimum absolute atomic E-state index is 0.0750. The molecule has 0 bridgehead atoms.